The van der Waals surface area contributed by atoms with Gasteiger partial charge in [-0.1, -0.05) is 84.0 Å². The van der Waals surface area contributed by atoms with Gasteiger partial charge in [0.15, 0.2) is 0 Å². The minimum atomic E-state index is -4.26. The zero-order valence-electron chi connectivity index (χ0n) is 16.1. The van der Waals surface area contributed by atoms with E-state index in [9.17, 15) is 18.1 Å². The van der Waals surface area contributed by atoms with Gasteiger partial charge < -0.3 is 9.66 Å². The van der Waals surface area contributed by atoms with Crippen molar-refractivity contribution in [2.45, 2.75) is 115 Å². The SMILES string of the molecule is CCCCCCCCCCCCCCC(O)CC(C)S(=O)(=O)[O-].[Na+]. The fraction of sp³-hybridized carbons (Fsp3) is 1.00. The molecule has 0 aromatic heterocycles. The van der Waals surface area contributed by atoms with Crippen molar-refractivity contribution in [1.82, 2.24) is 0 Å². The van der Waals surface area contributed by atoms with Gasteiger partial charge in [0.25, 0.3) is 0 Å². The predicted molar refractivity (Wildman–Crippen MR) is 95.5 cm³/mol. The Morgan fingerprint density at radius 1 is 0.833 bits per heavy atom. The Hall–Kier alpha value is 0.870. The van der Waals surface area contributed by atoms with Crippen molar-refractivity contribution in [2.24, 2.45) is 0 Å². The van der Waals surface area contributed by atoms with Crippen molar-refractivity contribution in [2.75, 3.05) is 0 Å². The number of unbranched alkanes of at least 4 members (excludes halogenated alkanes) is 11. The van der Waals surface area contributed by atoms with Crippen LogP contribution in [0.25, 0.3) is 0 Å². The normalized spacial score (nSPS) is 14.2. The Kier molecular flexibility index (Phi) is 19.5. The standard InChI is InChI=1S/C18H38O4S.Na/c1-3-4-5-6-7-8-9-10-11-12-13-14-15-18(19)16-17(2)23(20,21)22;/h17-19H,3-16H2,1-2H3,(H,20,21,22);/q;+1/p-1. The summed E-state index contributed by atoms with van der Waals surface area (Å²) in [4.78, 5) is 0. The smallest absolute Gasteiger partial charge is 0.748 e. The number of rotatable bonds is 16. The van der Waals surface area contributed by atoms with Gasteiger partial charge in [0.05, 0.1) is 16.2 Å². The van der Waals surface area contributed by atoms with Crippen molar-refractivity contribution in [3.63, 3.8) is 0 Å². The molecule has 0 saturated heterocycles. The van der Waals surface area contributed by atoms with Crippen molar-refractivity contribution in [3.8, 4) is 0 Å². The Morgan fingerprint density at radius 3 is 1.58 bits per heavy atom. The van der Waals surface area contributed by atoms with Gasteiger partial charge in [-0.2, -0.15) is 0 Å². The molecule has 0 radical (unpaired) electrons. The summed E-state index contributed by atoms with van der Waals surface area (Å²) in [6, 6.07) is 0. The molecule has 0 fully saturated rings. The second-order valence-corrected chi connectivity index (χ2v) is 8.66. The van der Waals surface area contributed by atoms with Crippen molar-refractivity contribution in [3.05, 3.63) is 0 Å². The van der Waals surface area contributed by atoms with E-state index >= 15 is 0 Å². The molecule has 2 atom stereocenters. The molecular formula is C18H37NaO4S. The average molecular weight is 373 g/mol. The molecule has 0 aromatic carbocycles. The molecule has 0 aliphatic heterocycles. The monoisotopic (exact) mass is 372 g/mol. The summed E-state index contributed by atoms with van der Waals surface area (Å²) < 4.78 is 32.3. The van der Waals surface area contributed by atoms with Gasteiger partial charge in [0.2, 0.25) is 0 Å². The number of aliphatic hydroxyl groups excluding tert-OH is 1. The van der Waals surface area contributed by atoms with Crippen LogP contribution < -0.4 is 29.6 Å². The molecule has 0 bridgehead atoms. The first-order chi connectivity index (χ1) is 10.9. The van der Waals surface area contributed by atoms with E-state index in [1.165, 1.54) is 71.1 Å². The summed E-state index contributed by atoms with van der Waals surface area (Å²) in [6.07, 6.45) is 15.2. The van der Waals surface area contributed by atoms with Crippen LogP contribution in [0.1, 0.15) is 104 Å². The van der Waals surface area contributed by atoms with Gasteiger partial charge in [0.1, 0.15) is 0 Å². The molecule has 0 aliphatic carbocycles. The summed E-state index contributed by atoms with van der Waals surface area (Å²) in [7, 11) is -4.26. The van der Waals surface area contributed by atoms with Crippen LogP contribution in [0.5, 0.6) is 0 Å². The third-order valence-electron chi connectivity index (χ3n) is 4.49. The van der Waals surface area contributed by atoms with E-state index in [0.29, 0.717) is 6.42 Å². The molecule has 0 amide bonds. The fourth-order valence-electron chi connectivity index (χ4n) is 2.84. The molecule has 24 heavy (non-hydrogen) atoms. The van der Waals surface area contributed by atoms with Gasteiger partial charge in [-0.15, -0.1) is 0 Å². The van der Waals surface area contributed by atoms with Crippen molar-refractivity contribution in [1.29, 1.82) is 0 Å². The molecule has 0 aliphatic rings. The predicted octanol–water partition coefficient (Wildman–Crippen LogP) is 1.77. The summed E-state index contributed by atoms with van der Waals surface area (Å²) in [6.45, 7) is 3.61. The Labute approximate surface area is 172 Å². The van der Waals surface area contributed by atoms with Gasteiger partial charge in [-0.25, -0.2) is 8.42 Å². The Morgan fingerprint density at radius 2 is 1.21 bits per heavy atom. The minimum absolute atomic E-state index is 0. The summed E-state index contributed by atoms with van der Waals surface area (Å²) >= 11 is 0. The third kappa shape index (κ3) is 17.7. The summed E-state index contributed by atoms with van der Waals surface area (Å²) in [5.74, 6) is 0. The molecule has 0 heterocycles. The summed E-state index contributed by atoms with van der Waals surface area (Å²) in [5, 5.41) is 8.75. The molecule has 2 unspecified atom stereocenters. The first kappa shape index (κ1) is 27.1. The molecule has 6 heteroatoms. The zero-order valence-corrected chi connectivity index (χ0v) is 19.0. The van der Waals surface area contributed by atoms with Crippen LogP contribution in [0.15, 0.2) is 0 Å². The van der Waals surface area contributed by atoms with E-state index in [1.54, 1.807) is 0 Å². The molecule has 0 aromatic rings. The van der Waals surface area contributed by atoms with Crippen LogP contribution in [-0.2, 0) is 10.1 Å². The van der Waals surface area contributed by atoms with Crippen LogP contribution in [0.4, 0.5) is 0 Å². The molecule has 1 N–H and O–H groups in total. The molecule has 0 spiro atoms. The van der Waals surface area contributed by atoms with Crippen LogP contribution in [0.3, 0.4) is 0 Å². The first-order valence-corrected chi connectivity index (χ1v) is 11.0. The maximum atomic E-state index is 10.8. The molecule has 0 rings (SSSR count). The van der Waals surface area contributed by atoms with Crippen LogP contribution in [0.2, 0.25) is 0 Å². The molecule has 4 nitrogen and oxygen atoms in total. The fourth-order valence-corrected chi connectivity index (χ4v) is 3.30. The third-order valence-corrected chi connectivity index (χ3v) is 5.67. The van der Waals surface area contributed by atoms with Gasteiger partial charge >= 0.3 is 29.6 Å². The molecular weight excluding hydrogens is 335 g/mol. The quantitative estimate of drug-likeness (QED) is 0.254. The largest absolute Gasteiger partial charge is 1.00 e. The van der Waals surface area contributed by atoms with E-state index in [2.05, 4.69) is 6.92 Å². The van der Waals surface area contributed by atoms with Crippen molar-refractivity contribution < 1.29 is 47.6 Å². The van der Waals surface area contributed by atoms with Crippen LogP contribution in [0, 0.1) is 0 Å². The van der Waals surface area contributed by atoms with E-state index < -0.39 is 21.5 Å². The maximum absolute atomic E-state index is 10.8. The molecule has 140 valence electrons. The van der Waals surface area contributed by atoms with E-state index in [0.717, 1.165) is 12.8 Å². The van der Waals surface area contributed by atoms with E-state index in [4.69, 9.17) is 0 Å². The maximum Gasteiger partial charge on any atom is 1.00 e. The zero-order chi connectivity index (χ0) is 17.6. The van der Waals surface area contributed by atoms with Gasteiger partial charge in [-0.3, -0.25) is 0 Å². The van der Waals surface area contributed by atoms with Crippen molar-refractivity contribution >= 4 is 10.1 Å². The summed E-state index contributed by atoms with van der Waals surface area (Å²) in [5.41, 5.74) is 0. The molecule has 0 saturated carbocycles. The Balaban J connectivity index is 0. The topological polar surface area (TPSA) is 77.4 Å². The first-order valence-electron chi connectivity index (χ1n) is 9.50. The van der Waals surface area contributed by atoms with E-state index in [-0.39, 0.29) is 36.0 Å². The van der Waals surface area contributed by atoms with Gasteiger partial charge in [0, 0.05) is 5.25 Å². The second-order valence-electron chi connectivity index (χ2n) is 6.87. The van der Waals surface area contributed by atoms with Crippen LogP contribution >= 0.6 is 0 Å². The van der Waals surface area contributed by atoms with E-state index in [1.807, 2.05) is 0 Å². The average Bonchev–Trinajstić information content (AvgIpc) is 2.47. The second kappa shape index (κ2) is 17.3. The van der Waals surface area contributed by atoms with Crippen LogP contribution in [-0.4, -0.2) is 29.4 Å². The minimum Gasteiger partial charge on any atom is -0.748 e. The number of aliphatic hydroxyl groups is 1. The number of hydrogen-bond donors (Lipinski definition) is 1. The van der Waals surface area contributed by atoms with Gasteiger partial charge in [-0.05, 0) is 19.8 Å². The Bertz CT molecular complexity index is 360. The number of hydrogen-bond acceptors (Lipinski definition) is 4.